The number of alkyl halides is 1. The number of rotatable bonds is 6. The molecular weight excluding hydrogens is 218 g/mol. The van der Waals surface area contributed by atoms with Crippen molar-refractivity contribution < 1.29 is 4.74 Å². The van der Waals surface area contributed by atoms with Crippen molar-refractivity contribution in [3.8, 4) is 0 Å². The molecule has 0 spiro atoms. The van der Waals surface area contributed by atoms with Crippen LogP contribution < -0.4 is 0 Å². The summed E-state index contributed by atoms with van der Waals surface area (Å²) in [6.07, 6.45) is 0. The lowest BCUT2D eigenvalue weighted by Gasteiger charge is -2.31. The molecule has 1 atom stereocenters. The summed E-state index contributed by atoms with van der Waals surface area (Å²) >= 11 is 3.46. The highest BCUT2D eigenvalue weighted by atomic mass is 79.9. The second kappa shape index (κ2) is 6.87. The van der Waals surface area contributed by atoms with E-state index in [-0.39, 0.29) is 0 Å². The van der Waals surface area contributed by atoms with Crippen LogP contribution >= 0.6 is 15.9 Å². The van der Waals surface area contributed by atoms with Gasteiger partial charge in [0.05, 0.1) is 6.61 Å². The van der Waals surface area contributed by atoms with Crippen molar-refractivity contribution in [3.05, 3.63) is 0 Å². The van der Waals surface area contributed by atoms with E-state index in [4.69, 9.17) is 4.74 Å². The highest BCUT2D eigenvalue weighted by molar-refractivity contribution is 9.09. The summed E-state index contributed by atoms with van der Waals surface area (Å²) in [5, 5.41) is 1.03. The molecule has 3 heteroatoms. The van der Waals surface area contributed by atoms with Crippen molar-refractivity contribution >= 4 is 15.9 Å². The largest absolute Gasteiger partial charge is 0.383 e. The summed E-state index contributed by atoms with van der Waals surface area (Å²) in [6, 6.07) is 1.10. The first-order chi connectivity index (χ1) is 5.63. The van der Waals surface area contributed by atoms with Crippen LogP contribution in [0.15, 0.2) is 0 Å². The van der Waals surface area contributed by atoms with Gasteiger partial charge < -0.3 is 4.74 Å². The molecule has 0 aromatic heterocycles. The first-order valence-corrected chi connectivity index (χ1v) is 5.56. The molecule has 0 N–H and O–H groups in total. The molecule has 0 saturated heterocycles. The van der Waals surface area contributed by atoms with Gasteiger partial charge in [-0.15, -0.1) is 0 Å². The zero-order chi connectivity index (χ0) is 9.56. The molecule has 0 heterocycles. The summed E-state index contributed by atoms with van der Waals surface area (Å²) in [5.41, 5.74) is 0. The van der Waals surface area contributed by atoms with Gasteiger partial charge in [0.25, 0.3) is 0 Å². The fourth-order valence-corrected chi connectivity index (χ4v) is 1.83. The molecule has 0 amide bonds. The molecule has 0 aliphatic heterocycles. The number of nitrogens with zero attached hydrogens (tertiary/aromatic N) is 1. The molecule has 0 rings (SSSR count). The molecule has 2 nitrogen and oxygen atoms in total. The molecule has 0 fully saturated rings. The van der Waals surface area contributed by atoms with Crippen LogP contribution in [0.4, 0.5) is 0 Å². The predicted molar refractivity (Wildman–Crippen MR) is 57.0 cm³/mol. The van der Waals surface area contributed by atoms with E-state index < -0.39 is 0 Å². The van der Waals surface area contributed by atoms with Crippen LogP contribution in [0.3, 0.4) is 0 Å². The Kier molecular flexibility index (Phi) is 7.10. The van der Waals surface area contributed by atoms with Crippen molar-refractivity contribution in [2.24, 2.45) is 0 Å². The molecule has 0 aromatic rings. The zero-order valence-electron chi connectivity index (χ0n) is 8.51. The van der Waals surface area contributed by atoms with Gasteiger partial charge in [0.1, 0.15) is 0 Å². The first-order valence-electron chi connectivity index (χ1n) is 4.44. The molecule has 0 aromatic carbocycles. The van der Waals surface area contributed by atoms with Crippen LogP contribution in [0.2, 0.25) is 0 Å². The molecule has 0 radical (unpaired) electrons. The van der Waals surface area contributed by atoms with Crippen LogP contribution in [0.25, 0.3) is 0 Å². The Hall–Kier alpha value is 0.400. The maximum atomic E-state index is 5.12. The third-order valence-electron chi connectivity index (χ3n) is 1.98. The number of halogens is 1. The van der Waals surface area contributed by atoms with E-state index in [0.717, 1.165) is 18.5 Å². The topological polar surface area (TPSA) is 12.5 Å². The van der Waals surface area contributed by atoms with Crippen LogP contribution in [0.1, 0.15) is 20.8 Å². The van der Waals surface area contributed by atoms with Crippen LogP contribution in [0, 0.1) is 0 Å². The lowest BCUT2D eigenvalue weighted by Crippen LogP contribution is -2.42. The van der Waals surface area contributed by atoms with Crippen LogP contribution in [-0.2, 0) is 4.74 Å². The Balaban J connectivity index is 3.90. The third kappa shape index (κ3) is 4.43. The minimum absolute atomic E-state index is 0.507. The van der Waals surface area contributed by atoms with Gasteiger partial charge in [-0.05, 0) is 20.8 Å². The second-order valence-corrected chi connectivity index (χ2v) is 4.12. The minimum atomic E-state index is 0.507. The monoisotopic (exact) mass is 237 g/mol. The highest BCUT2D eigenvalue weighted by Gasteiger charge is 2.15. The number of hydrogen-bond donors (Lipinski definition) is 0. The summed E-state index contributed by atoms with van der Waals surface area (Å²) < 4.78 is 5.12. The van der Waals surface area contributed by atoms with E-state index in [9.17, 15) is 0 Å². The number of hydrogen-bond acceptors (Lipinski definition) is 2. The summed E-state index contributed by atoms with van der Waals surface area (Å²) in [6.45, 7) is 8.53. The molecule has 1 unspecified atom stereocenters. The Morgan fingerprint density at radius 1 is 1.33 bits per heavy atom. The second-order valence-electron chi connectivity index (χ2n) is 3.32. The fraction of sp³-hybridized carbons (Fsp3) is 1.00. The van der Waals surface area contributed by atoms with Crippen molar-refractivity contribution in [1.82, 2.24) is 4.90 Å². The van der Waals surface area contributed by atoms with E-state index >= 15 is 0 Å². The standard InChI is InChI=1S/C9H20BrNO/c1-8(2)11(6-5-10)9(3)7-12-4/h8-9H,5-7H2,1-4H3. The minimum Gasteiger partial charge on any atom is -0.383 e. The summed E-state index contributed by atoms with van der Waals surface area (Å²) in [5.74, 6) is 0. The SMILES string of the molecule is COCC(C)N(CCBr)C(C)C. The molecule has 0 bridgehead atoms. The molecule has 0 saturated carbocycles. The van der Waals surface area contributed by atoms with E-state index in [1.165, 1.54) is 0 Å². The number of ether oxygens (including phenoxy) is 1. The van der Waals surface area contributed by atoms with Crippen LogP contribution in [0.5, 0.6) is 0 Å². The third-order valence-corrected chi connectivity index (χ3v) is 2.33. The van der Waals surface area contributed by atoms with Crippen molar-refractivity contribution in [2.45, 2.75) is 32.9 Å². The molecular formula is C9H20BrNO. The summed E-state index contributed by atoms with van der Waals surface area (Å²) in [4.78, 5) is 2.43. The fourth-order valence-electron chi connectivity index (χ4n) is 1.42. The Morgan fingerprint density at radius 3 is 2.25 bits per heavy atom. The van der Waals surface area contributed by atoms with Crippen molar-refractivity contribution in [1.29, 1.82) is 0 Å². The van der Waals surface area contributed by atoms with Gasteiger partial charge in [0.2, 0.25) is 0 Å². The average Bonchev–Trinajstić information content (AvgIpc) is 1.99. The normalized spacial score (nSPS) is 14.2. The van der Waals surface area contributed by atoms with Gasteiger partial charge in [0.15, 0.2) is 0 Å². The maximum Gasteiger partial charge on any atom is 0.0615 e. The van der Waals surface area contributed by atoms with Gasteiger partial charge in [-0.3, -0.25) is 4.90 Å². The highest BCUT2D eigenvalue weighted by Crippen LogP contribution is 2.06. The Labute approximate surface area is 84.4 Å². The van der Waals surface area contributed by atoms with E-state index in [2.05, 4.69) is 41.6 Å². The zero-order valence-corrected chi connectivity index (χ0v) is 10.1. The van der Waals surface area contributed by atoms with E-state index in [1.54, 1.807) is 7.11 Å². The van der Waals surface area contributed by atoms with E-state index in [1.807, 2.05) is 0 Å². The van der Waals surface area contributed by atoms with Crippen molar-refractivity contribution in [3.63, 3.8) is 0 Å². The average molecular weight is 238 g/mol. The molecule has 0 aliphatic rings. The smallest absolute Gasteiger partial charge is 0.0615 e. The van der Waals surface area contributed by atoms with Crippen molar-refractivity contribution in [2.75, 3.05) is 25.6 Å². The van der Waals surface area contributed by atoms with Gasteiger partial charge in [0, 0.05) is 31.1 Å². The predicted octanol–water partition coefficient (Wildman–Crippen LogP) is 2.13. The quantitative estimate of drug-likeness (QED) is 0.657. The van der Waals surface area contributed by atoms with E-state index in [0.29, 0.717) is 12.1 Å². The van der Waals surface area contributed by atoms with Crippen LogP contribution in [-0.4, -0.2) is 42.6 Å². The lowest BCUT2D eigenvalue weighted by atomic mass is 10.2. The maximum absolute atomic E-state index is 5.12. The summed E-state index contributed by atoms with van der Waals surface area (Å²) in [7, 11) is 1.75. The van der Waals surface area contributed by atoms with Gasteiger partial charge in [-0.1, -0.05) is 15.9 Å². The number of methoxy groups -OCH3 is 1. The molecule has 12 heavy (non-hydrogen) atoms. The Morgan fingerprint density at radius 2 is 1.92 bits per heavy atom. The molecule has 0 aliphatic carbocycles. The van der Waals surface area contributed by atoms with Gasteiger partial charge in [-0.25, -0.2) is 0 Å². The molecule has 74 valence electrons. The van der Waals surface area contributed by atoms with Gasteiger partial charge >= 0.3 is 0 Å². The van der Waals surface area contributed by atoms with Gasteiger partial charge in [-0.2, -0.15) is 0 Å². The lowest BCUT2D eigenvalue weighted by molar-refractivity contribution is 0.0845. The first kappa shape index (κ1) is 12.4. The Bertz CT molecular complexity index is 109.